The number of aromatic nitrogens is 2. The van der Waals surface area contributed by atoms with Crippen molar-refractivity contribution in [3.8, 4) is 11.5 Å². The fourth-order valence-electron chi connectivity index (χ4n) is 3.09. The topological polar surface area (TPSA) is 71.9 Å². The van der Waals surface area contributed by atoms with Gasteiger partial charge in [-0.2, -0.15) is 5.10 Å². The lowest BCUT2D eigenvalue weighted by Crippen LogP contribution is -2.48. The van der Waals surface area contributed by atoms with Gasteiger partial charge in [0.25, 0.3) is 0 Å². The number of methoxy groups -OCH3 is 2. The highest BCUT2D eigenvalue weighted by Crippen LogP contribution is 2.35. The van der Waals surface area contributed by atoms with Gasteiger partial charge in [0.15, 0.2) is 0 Å². The first-order chi connectivity index (χ1) is 13.0. The first-order valence-electron chi connectivity index (χ1n) is 8.67. The van der Waals surface area contributed by atoms with Crippen LogP contribution < -0.4 is 19.7 Å². The average Bonchev–Trinajstić information content (AvgIpc) is 3.09. The highest BCUT2D eigenvalue weighted by Gasteiger charge is 2.21. The zero-order chi connectivity index (χ0) is 19.4. The normalized spacial score (nSPS) is 14.9. The Hall–Kier alpha value is -2.45. The number of hydrogen-bond acceptors (Lipinski definition) is 6. The Labute approximate surface area is 163 Å². The summed E-state index contributed by atoms with van der Waals surface area (Å²) in [5.41, 5.74) is 1.65. The fourth-order valence-corrected chi connectivity index (χ4v) is 3.32. The third-order valence-electron chi connectivity index (χ3n) is 4.54. The molecule has 1 amide bonds. The molecular weight excluding hydrogens is 370 g/mol. The van der Waals surface area contributed by atoms with Crippen molar-refractivity contribution < 1.29 is 14.3 Å². The molecular formula is C18H24ClN5O3. The second kappa shape index (κ2) is 8.49. The molecule has 27 heavy (non-hydrogen) atoms. The van der Waals surface area contributed by atoms with Gasteiger partial charge in [0.05, 0.1) is 43.4 Å². The molecule has 3 rings (SSSR count). The molecule has 0 radical (unpaired) electrons. The Morgan fingerprint density at radius 3 is 2.48 bits per heavy atom. The molecule has 1 aliphatic heterocycles. The Bertz CT molecular complexity index is 802. The molecule has 9 heteroatoms. The number of nitrogens with one attached hydrogen (secondary N) is 1. The van der Waals surface area contributed by atoms with E-state index < -0.39 is 0 Å². The zero-order valence-electron chi connectivity index (χ0n) is 15.7. The lowest BCUT2D eigenvalue weighted by Gasteiger charge is -2.34. The molecule has 1 N–H and O–H groups in total. The summed E-state index contributed by atoms with van der Waals surface area (Å²) >= 11 is 6.10. The third kappa shape index (κ3) is 4.64. The number of nitrogens with zero attached hydrogens (tertiary/aromatic N) is 4. The van der Waals surface area contributed by atoms with E-state index in [0.717, 1.165) is 31.9 Å². The van der Waals surface area contributed by atoms with Crippen LogP contribution in [-0.4, -0.2) is 67.5 Å². The molecule has 0 aliphatic carbocycles. The summed E-state index contributed by atoms with van der Waals surface area (Å²) in [5.74, 6) is 0.876. The van der Waals surface area contributed by atoms with Crippen molar-refractivity contribution in [1.29, 1.82) is 0 Å². The van der Waals surface area contributed by atoms with Crippen LogP contribution in [0.4, 0.5) is 11.4 Å². The van der Waals surface area contributed by atoms with Crippen LogP contribution in [0.3, 0.4) is 0 Å². The molecule has 0 bridgehead atoms. The molecule has 1 aromatic heterocycles. The van der Waals surface area contributed by atoms with E-state index in [-0.39, 0.29) is 5.91 Å². The highest BCUT2D eigenvalue weighted by atomic mass is 35.5. The minimum Gasteiger partial charge on any atom is -0.495 e. The maximum atomic E-state index is 12.5. The average molecular weight is 394 g/mol. The first kappa shape index (κ1) is 19.3. The Morgan fingerprint density at radius 2 is 1.89 bits per heavy atom. The molecule has 1 saturated heterocycles. The van der Waals surface area contributed by atoms with E-state index in [9.17, 15) is 4.79 Å². The molecule has 0 spiro atoms. The summed E-state index contributed by atoms with van der Waals surface area (Å²) in [6.07, 6.45) is 3.87. The second-order valence-corrected chi connectivity index (χ2v) is 6.78. The molecule has 1 aliphatic rings. The maximum Gasteiger partial charge on any atom is 0.238 e. The fraction of sp³-hybridized carbons (Fsp3) is 0.444. The monoisotopic (exact) mass is 393 g/mol. The third-order valence-corrected chi connectivity index (χ3v) is 4.84. The van der Waals surface area contributed by atoms with Crippen LogP contribution in [0.25, 0.3) is 0 Å². The van der Waals surface area contributed by atoms with E-state index in [2.05, 4.69) is 20.2 Å². The van der Waals surface area contributed by atoms with Crippen LogP contribution in [0.15, 0.2) is 24.5 Å². The van der Waals surface area contributed by atoms with Crippen LogP contribution in [0.2, 0.25) is 5.02 Å². The van der Waals surface area contributed by atoms with E-state index >= 15 is 0 Å². The number of hydrogen-bond donors (Lipinski definition) is 1. The number of aryl methyl sites for hydroxylation is 1. The van der Waals surface area contributed by atoms with Gasteiger partial charge in [0, 0.05) is 51.6 Å². The number of carbonyl (C=O) groups excluding carboxylic acids is 1. The SMILES string of the molecule is COc1cc(NC(=O)CN2CCN(c3cnn(C)c3)CC2)c(OC)cc1Cl. The summed E-state index contributed by atoms with van der Waals surface area (Å²) in [6.45, 7) is 3.65. The molecule has 146 valence electrons. The van der Waals surface area contributed by atoms with Crippen molar-refractivity contribution in [3.63, 3.8) is 0 Å². The van der Waals surface area contributed by atoms with Crippen molar-refractivity contribution in [3.05, 3.63) is 29.5 Å². The van der Waals surface area contributed by atoms with Crippen LogP contribution in [-0.2, 0) is 11.8 Å². The van der Waals surface area contributed by atoms with Gasteiger partial charge in [0.2, 0.25) is 5.91 Å². The van der Waals surface area contributed by atoms with Crippen LogP contribution in [0, 0.1) is 0 Å². The minimum atomic E-state index is -0.104. The van der Waals surface area contributed by atoms with Gasteiger partial charge in [0.1, 0.15) is 11.5 Å². The predicted octanol–water partition coefficient (Wildman–Crippen LogP) is 1.85. The first-order valence-corrected chi connectivity index (χ1v) is 9.05. The van der Waals surface area contributed by atoms with Gasteiger partial charge in [-0.05, 0) is 0 Å². The number of piperazine rings is 1. The number of carbonyl (C=O) groups is 1. The van der Waals surface area contributed by atoms with Crippen LogP contribution in [0.5, 0.6) is 11.5 Å². The van der Waals surface area contributed by atoms with Gasteiger partial charge in [-0.3, -0.25) is 14.4 Å². The standard InChI is InChI=1S/C18H24ClN5O3/c1-22-11-13(10-20-22)24-6-4-23(5-7-24)12-18(25)21-15-9-16(26-2)14(19)8-17(15)27-3/h8-11H,4-7,12H2,1-3H3,(H,21,25). The number of amides is 1. The Balaban J connectivity index is 1.56. The van der Waals surface area contributed by atoms with Crippen molar-refractivity contribution in [2.45, 2.75) is 0 Å². The van der Waals surface area contributed by atoms with Crippen molar-refractivity contribution in [1.82, 2.24) is 14.7 Å². The van der Waals surface area contributed by atoms with Crippen molar-refractivity contribution in [2.75, 3.05) is 57.2 Å². The van der Waals surface area contributed by atoms with Gasteiger partial charge in [-0.1, -0.05) is 11.6 Å². The van der Waals surface area contributed by atoms with Crippen LogP contribution in [0.1, 0.15) is 0 Å². The largest absolute Gasteiger partial charge is 0.495 e. The summed E-state index contributed by atoms with van der Waals surface area (Å²) in [5, 5.41) is 7.52. The molecule has 8 nitrogen and oxygen atoms in total. The smallest absolute Gasteiger partial charge is 0.238 e. The van der Waals surface area contributed by atoms with Gasteiger partial charge in [-0.25, -0.2) is 0 Å². The van der Waals surface area contributed by atoms with E-state index in [1.807, 2.05) is 19.4 Å². The number of ether oxygens (including phenoxy) is 2. The number of halogens is 1. The molecule has 0 atom stereocenters. The minimum absolute atomic E-state index is 0.104. The number of benzene rings is 1. The Kier molecular flexibility index (Phi) is 6.08. The molecule has 2 heterocycles. The summed E-state index contributed by atoms with van der Waals surface area (Å²) < 4.78 is 12.3. The lowest BCUT2D eigenvalue weighted by molar-refractivity contribution is -0.117. The number of rotatable bonds is 6. The molecule has 1 aromatic carbocycles. The van der Waals surface area contributed by atoms with Crippen molar-refractivity contribution >= 4 is 28.9 Å². The summed E-state index contributed by atoms with van der Waals surface area (Å²) in [6, 6.07) is 3.29. The molecule has 0 unspecified atom stereocenters. The quantitative estimate of drug-likeness (QED) is 0.807. The molecule has 2 aromatic rings. The van der Waals surface area contributed by atoms with Gasteiger partial charge in [-0.15, -0.1) is 0 Å². The number of anilines is 2. The predicted molar refractivity (Wildman–Crippen MR) is 105 cm³/mol. The van der Waals surface area contributed by atoms with Gasteiger partial charge >= 0.3 is 0 Å². The summed E-state index contributed by atoms with van der Waals surface area (Å²) in [4.78, 5) is 16.9. The zero-order valence-corrected chi connectivity index (χ0v) is 16.5. The van der Waals surface area contributed by atoms with E-state index in [1.165, 1.54) is 14.2 Å². The molecule has 0 saturated carbocycles. The maximum absolute atomic E-state index is 12.5. The van der Waals surface area contributed by atoms with Gasteiger partial charge < -0.3 is 19.7 Å². The summed E-state index contributed by atoms with van der Waals surface area (Å²) in [7, 11) is 4.97. The molecule has 1 fully saturated rings. The van der Waals surface area contributed by atoms with E-state index in [1.54, 1.807) is 16.8 Å². The Morgan fingerprint density at radius 1 is 1.19 bits per heavy atom. The van der Waals surface area contributed by atoms with Crippen molar-refractivity contribution in [2.24, 2.45) is 7.05 Å². The van der Waals surface area contributed by atoms with E-state index in [4.69, 9.17) is 21.1 Å². The van der Waals surface area contributed by atoms with Crippen LogP contribution >= 0.6 is 11.6 Å². The second-order valence-electron chi connectivity index (χ2n) is 6.37. The van der Waals surface area contributed by atoms with E-state index in [0.29, 0.717) is 28.8 Å². The lowest BCUT2D eigenvalue weighted by atomic mass is 10.2. The highest BCUT2D eigenvalue weighted by molar-refractivity contribution is 6.32.